The van der Waals surface area contributed by atoms with E-state index >= 15 is 0 Å². The van der Waals surface area contributed by atoms with Crippen molar-refractivity contribution < 1.29 is 9.47 Å². The van der Waals surface area contributed by atoms with Crippen LogP contribution in [0.15, 0.2) is 18.6 Å². The molecule has 4 rings (SSSR count). The molecule has 6 heteroatoms. The van der Waals surface area contributed by atoms with Crippen molar-refractivity contribution in [1.82, 2.24) is 15.3 Å². The molecule has 3 saturated heterocycles. The molecule has 0 radical (unpaired) electrons. The Hall–Kier alpha value is -1.24. The van der Waals surface area contributed by atoms with Crippen LogP contribution in [0.4, 0.5) is 5.82 Å². The van der Waals surface area contributed by atoms with Crippen LogP contribution in [0.2, 0.25) is 0 Å². The van der Waals surface area contributed by atoms with Crippen LogP contribution >= 0.6 is 0 Å². The van der Waals surface area contributed by atoms with Crippen LogP contribution in [0.5, 0.6) is 0 Å². The maximum Gasteiger partial charge on any atom is 0.147 e. The van der Waals surface area contributed by atoms with Crippen LogP contribution in [0.3, 0.4) is 0 Å². The molecule has 0 saturated carbocycles. The molecule has 4 heterocycles. The Morgan fingerprint density at radius 3 is 2.62 bits per heavy atom. The minimum Gasteiger partial charge on any atom is -0.381 e. The lowest BCUT2D eigenvalue weighted by atomic mass is 9.83. The topological polar surface area (TPSA) is 59.5 Å². The Bertz CT molecular complexity index is 508. The highest BCUT2D eigenvalue weighted by Gasteiger charge is 2.39. The van der Waals surface area contributed by atoms with Gasteiger partial charge in [0.15, 0.2) is 0 Å². The van der Waals surface area contributed by atoms with Crippen molar-refractivity contribution in [3.63, 3.8) is 0 Å². The van der Waals surface area contributed by atoms with Crippen molar-refractivity contribution in [3.8, 4) is 0 Å². The number of rotatable bonds is 3. The zero-order valence-corrected chi connectivity index (χ0v) is 14.3. The summed E-state index contributed by atoms with van der Waals surface area (Å²) in [5.41, 5.74) is 0.0779. The van der Waals surface area contributed by atoms with E-state index in [9.17, 15) is 0 Å². The van der Waals surface area contributed by atoms with Gasteiger partial charge in [-0.2, -0.15) is 0 Å². The SMILES string of the molecule is c1cnc(N2CCC(N[C@H]3CCOC4(CCOCC4)C3)CC2)cn1. The van der Waals surface area contributed by atoms with Gasteiger partial charge in [0, 0.05) is 57.4 Å². The van der Waals surface area contributed by atoms with Crippen LogP contribution in [-0.4, -0.2) is 60.6 Å². The minimum absolute atomic E-state index is 0.0779. The number of anilines is 1. The largest absolute Gasteiger partial charge is 0.381 e. The van der Waals surface area contributed by atoms with E-state index in [-0.39, 0.29) is 5.60 Å². The highest BCUT2D eigenvalue weighted by atomic mass is 16.5. The van der Waals surface area contributed by atoms with Crippen molar-refractivity contribution in [2.24, 2.45) is 0 Å². The molecule has 0 bridgehead atoms. The van der Waals surface area contributed by atoms with Gasteiger partial charge >= 0.3 is 0 Å². The summed E-state index contributed by atoms with van der Waals surface area (Å²) in [7, 11) is 0. The van der Waals surface area contributed by atoms with Crippen molar-refractivity contribution >= 4 is 5.82 Å². The normalized spacial score (nSPS) is 28.2. The van der Waals surface area contributed by atoms with Gasteiger partial charge in [-0.25, -0.2) is 4.98 Å². The van der Waals surface area contributed by atoms with Crippen LogP contribution in [0, 0.1) is 0 Å². The lowest BCUT2D eigenvalue weighted by Crippen LogP contribution is -2.53. The smallest absolute Gasteiger partial charge is 0.147 e. The molecule has 1 aromatic heterocycles. The molecule has 132 valence electrons. The first-order valence-corrected chi connectivity index (χ1v) is 9.32. The van der Waals surface area contributed by atoms with Crippen molar-refractivity contribution in [1.29, 1.82) is 0 Å². The summed E-state index contributed by atoms with van der Waals surface area (Å²) >= 11 is 0. The van der Waals surface area contributed by atoms with E-state index in [1.807, 2.05) is 6.20 Å². The number of hydrogen-bond donors (Lipinski definition) is 1. The van der Waals surface area contributed by atoms with Gasteiger partial charge in [0.25, 0.3) is 0 Å². The second kappa shape index (κ2) is 7.33. The predicted octanol–water partition coefficient (Wildman–Crippen LogP) is 1.76. The molecular formula is C18H28N4O2. The molecule has 0 aliphatic carbocycles. The summed E-state index contributed by atoms with van der Waals surface area (Å²) in [6.07, 6.45) is 12.1. The highest BCUT2D eigenvalue weighted by molar-refractivity contribution is 5.35. The number of aromatic nitrogens is 2. The van der Waals surface area contributed by atoms with Crippen molar-refractivity contribution in [2.45, 2.75) is 56.2 Å². The van der Waals surface area contributed by atoms with E-state index < -0.39 is 0 Å². The molecule has 3 fully saturated rings. The first-order valence-electron chi connectivity index (χ1n) is 9.32. The van der Waals surface area contributed by atoms with Gasteiger partial charge in [0.1, 0.15) is 5.82 Å². The molecule has 24 heavy (non-hydrogen) atoms. The zero-order valence-electron chi connectivity index (χ0n) is 14.3. The molecule has 1 aromatic rings. The van der Waals surface area contributed by atoms with Gasteiger partial charge in [0.05, 0.1) is 11.8 Å². The average molecular weight is 332 g/mol. The molecule has 0 aromatic carbocycles. The fraction of sp³-hybridized carbons (Fsp3) is 0.778. The average Bonchev–Trinajstić information content (AvgIpc) is 2.64. The van der Waals surface area contributed by atoms with E-state index in [4.69, 9.17) is 9.47 Å². The van der Waals surface area contributed by atoms with Crippen LogP contribution in [-0.2, 0) is 9.47 Å². The molecular weight excluding hydrogens is 304 g/mol. The molecule has 3 aliphatic heterocycles. The Balaban J connectivity index is 1.27. The Labute approximate surface area is 143 Å². The number of nitrogens with one attached hydrogen (secondary N) is 1. The third-order valence-electron chi connectivity index (χ3n) is 5.74. The third-order valence-corrected chi connectivity index (χ3v) is 5.74. The van der Waals surface area contributed by atoms with Crippen LogP contribution in [0.25, 0.3) is 0 Å². The van der Waals surface area contributed by atoms with Crippen LogP contribution in [0.1, 0.15) is 38.5 Å². The molecule has 1 N–H and O–H groups in total. The number of hydrogen-bond acceptors (Lipinski definition) is 6. The summed E-state index contributed by atoms with van der Waals surface area (Å²) < 4.78 is 11.7. The van der Waals surface area contributed by atoms with Gasteiger partial charge < -0.3 is 19.7 Å². The minimum atomic E-state index is 0.0779. The van der Waals surface area contributed by atoms with E-state index in [1.54, 1.807) is 12.4 Å². The van der Waals surface area contributed by atoms with Gasteiger partial charge in [-0.15, -0.1) is 0 Å². The van der Waals surface area contributed by atoms with Gasteiger partial charge in [-0.3, -0.25) is 4.98 Å². The molecule has 1 atom stereocenters. The molecule has 0 unspecified atom stereocenters. The lowest BCUT2D eigenvalue weighted by molar-refractivity contribution is -0.141. The zero-order chi connectivity index (χ0) is 16.2. The molecule has 1 spiro atoms. The van der Waals surface area contributed by atoms with Gasteiger partial charge in [0.2, 0.25) is 0 Å². The Kier molecular flexibility index (Phi) is 4.96. The second-order valence-electron chi connectivity index (χ2n) is 7.33. The predicted molar refractivity (Wildman–Crippen MR) is 92.2 cm³/mol. The molecule has 0 amide bonds. The fourth-order valence-electron chi connectivity index (χ4n) is 4.32. The first kappa shape index (κ1) is 16.2. The van der Waals surface area contributed by atoms with Crippen molar-refractivity contribution in [2.75, 3.05) is 37.8 Å². The van der Waals surface area contributed by atoms with E-state index in [0.29, 0.717) is 12.1 Å². The Morgan fingerprint density at radius 1 is 1.04 bits per heavy atom. The quantitative estimate of drug-likeness (QED) is 0.910. The van der Waals surface area contributed by atoms with Crippen molar-refractivity contribution in [3.05, 3.63) is 18.6 Å². The van der Waals surface area contributed by atoms with Crippen LogP contribution < -0.4 is 10.2 Å². The summed E-state index contributed by atoms with van der Waals surface area (Å²) in [6.45, 7) is 4.69. The maximum absolute atomic E-state index is 6.16. The molecule has 6 nitrogen and oxygen atoms in total. The number of nitrogens with zero attached hydrogens (tertiary/aromatic N) is 3. The Morgan fingerprint density at radius 2 is 1.88 bits per heavy atom. The summed E-state index contributed by atoms with van der Waals surface area (Å²) in [4.78, 5) is 10.9. The number of piperidine rings is 1. The monoisotopic (exact) mass is 332 g/mol. The summed E-state index contributed by atoms with van der Waals surface area (Å²) in [5, 5.41) is 3.92. The second-order valence-corrected chi connectivity index (χ2v) is 7.33. The highest BCUT2D eigenvalue weighted by Crippen LogP contribution is 2.34. The third kappa shape index (κ3) is 3.71. The molecule has 3 aliphatic rings. The lowest BCUT2D eigenvalue weighted by Gasteiger charge is -2.45. The van der Waals surface area contributed by atoms with E-state index in [2.05, 4.69) is 20.2 Å². The first-order chi connectivity index (χ1) is 11.8. The van der Waals surface area contributed by atoms with E-state index in [0.717, 1.165) is 64.4 Å². The standard InChI is InChI=1S/C18H28N4O2/c1-8-22(17-14-19-6-7-20-17)9-2-15(1)21-16-3-10-24-18(13-16)4-11-23-12-5-18/h6-7,14-16,21H,1-5,8-13H2/t16-/m0/s1. The maximum atomic E-state index is 6.16. The number of ether oxygens (including phenoxy) is 2. The summed E-state index contributed by atoms with van der Waals surface area (Å²) in [5.74, 6) is 1.00. The van der Waals surface area contributed by atoms with Gasteiger partial charge in [-0.05, 0) is 38.5 Å². The summed E-state index contributed by atoms with van der Waals surface area (Å²) in [6, 6.07) is 1.20. The van der Waals surface area contributed by atoms with Gasteiger partial charge in [-0.1, -0.05) is 0 Å². The fourth-order valence-corrected chi connectivity index (χ4v) is 4.32. The van der Waals surface area contributed by atoms with E-state index in [1.165, 1.54) is 12.8 Å².